The highest BCUT2D eigenvalue weighted by Crippen LogP contribution is 2.19. The molecule has 0 aliphatic carbocycles. The highest BCUT2D eigenvalue weighted by atomic mass is 127. The van der Waals surface area contributed by atoms with Crippen LogP contribution in [0.15, 0.2) is 59.7 Å². The Hall–Kier alpha value is -2.42. The van der Waals surface area contributed by atoms with Gasteiger partial charge in [-0.05, 0) is 30.2 Å². The van der Waals surface area contributed by atoms with Crippen molar-refractivity contribution >= 4 is 40.8 Å². The standard InChI is InChI=1S/C21H26N4O2.HI/c1-22-21(24-12-13-27-18-7-5-6-17(14-18)26-2)23-11-10-16-15-25-20-9-4-3-8-19(16)20;/h3-9,14-15,25H,10-13H2,1-2H3,(H2,22,23,24);1H. The summed E-state index contributed by atoms with van der Waals surface area (Å²) in [5.74, 6) is 2.35. The number of H-pyrrole nitrogens is 1. The average Bonchev–Trinajstić information content (AvgIpc) is 3.13. The molecule has 0 aliphatic heterocycles. The Balaban J connectivity index is 0.00000280. The highest BCUT2D eigenvalue weighted by molar-refractivity contribution is 14.0. The van der Waals surface area contributed by atoms with Crippen molar-refractivity contribution in [1.82, 2.24) is 15.6 Å². The van der Waals surface area contributed by atoms with Crippen molar-refractivity contribution in [1.29, 1.82) is 0 Å². The molecule has 3 N–H and O–H groups in total. The zero-order valence-corrected chi connectivity index (χ0v) is 18.5. The molecule has 0 amide bonds. The molecule has 150 valence electrons. The summed E-state index contributed by atoms with van der Waals surface area (Å²) < 4.78 is 10.9. The molecule has 3 rings (SSSR count). The number of nitrogens with zero attached hydrogens (tertiary/aromatic N) is 1. The van der Waals surface area contributed by atoms with Crippen LogP contribution in [0.4, 0.5) is 0 Å². The van der Waals surface area contributed by atoms with Crippen LogP contribution in [0.1, 0.15) is 5.56 Å². The zero-order chi connectivity index (χ0) is 18.9. The smallest absolute Gasteiger partial charge is 0.191 e. The lowest BCUT2D eigenvalue weighted by molar-refractivity contribution is 0.319. The fourth-order valence-electron chi connectivity index (χ4n) is 2.90. The molecule has 2 aromatic carbocycles. The van der Waals surface area contributed by atoms with Crippen molar-refractivity contribution in [2.24, 2.45) is 4.99 Å². The number of hydrogen-bond donors (Lipinski definition) is 3. The summed E-state index contributed by atoms with van der Waals surface area (Å²) >= 11 is 0. The number of fused-ring (bicyclic) bond motifs is 1. The molecule has 0 fully saturated rings. The van der Waals surface area contributed by atoms with Gasteiger partial charge in [-0.15, -0.1) is 24.0 Å². The minimum atomic E-state index is 0. The van der Waals surface area contributed by atoms with Crippen LogP contribution in [0.25, 0.3) is 10.9 Å². The third-order valence-corrected chi connectivity index (χ3v) is 4.29. The van der Waals surface area contributed by atoms with Gasteiger partial charge in [-0.25, -0.2) is 0 Å². The second-order valence-electron chi connectivity index (χ2n) is 6.06. The summed E-state index contributed by atoms with van der Waals surface area (Å²) in [4.78, 5) is 7.56. The SMILES string of the molecule is CN=C(NCCOc1cccc(OC)c1)NCCc1c[nH]c2ccccc12.I. The number of rotatable bonds is 8. The Morgan fingerprint density at radius 3 is 2.64 bits per heavy atom. The highest BCUT2D eigenvalue weighted by Gasteiger charge is 2.03. The van der Waals surface area contributed by atoms with Gasteiger partial charge in [0.15, 0.2) is 5.96 Å². The molecule has 0 saturated heterocycles. The number of guanidine groups is 1. The van der Waals surface area contributed by atoms with E-state index >= 15 is 0 Å². The maximum absolute atomic E-state index is 5.73. The first kappa shape index (κ1) is 21.9. The van der Waals surface area contributed by atoms with Crippen LogP contribution < -0.4 is 20.1 Å². The molecular weight excluding hydrogens is 467 g/mol. The molecule has 28 heavy (non-hydrogen) atoms. The number of aromatic amines is 1. The lowest BCUT2D eigenvalue weighted by Gasteiger charge is -2.12. The van der Waals surface area contributed by atoms with E-state index in [0.717, 1.165) is 30.4 Å². The first-order valence-corrected chi connectivity index (χ1v) is 9.06. The first-order chi connectivity index (χ1) is 13.3. The average molecular weight is 494 g/mol. The molecule has 6 nitrogen and oxygen atoms in total. The number of para-hydroxylation sites is 1. The van der Waals surface area contributed by atoms with Crippen LogP contribution in [0, 0.1) is 0 Å². The molecule has 0 atom stereocenters. The quantitative estimate of drug-likeness (QED) is 0.194. The van der Waals surface area contributed by atoms with Gasteiger partial charge in [0.2, 0.25) is 0 Å². The van der Waals surface area contributed by atoms with Crippen molar-refractivity contribution in [2.75, 3.05) is 33.9 Å². The number of methoxy groups -OCH3 is 1. The summed E-state index contributed by atoms with van der Waals surface area (Å²) in [5, 5.41) is 7.87. The Morgan fingerprint density at radius 2 is 1.82 bits per heavy atom. The summed E-state index contributed by atoms with van der Waals surface area (Å²) in [6.45, 7) is 2.00. The van der Waals surface area contributed by atoms with E-state index in [1.54, 1.807) is 14.2 Å². The van der Waals surface area contributed by atoms with Gasteiger partial charge in [0.1, 0.15) is 18.1 Å². The van der Waals surface area contributed by atoms with Crippen molar-refractivity contribution in [3.8, 4) is 11.5 Å². The fraction of sp³-hybridized carbons (Fsp3) is 0.286. The van der Waals surface area contributed by atoms with E-state index in [-0.39, 0.29) is 24.0 Å². The number of halogens is 1. The lowest BCUT2D eigenvalue weighted by Crippen LogP contribution is -2.40. The Morgan fingerprint density at radius 1 is 1.04 bits per heavy atom. The maximum Gasteiger partial charge on any atom is 0.191 e. The summed E-state index contributed by atoms with van der Waals surface area (Å²) in [5.41, 5.74) is 2.47. The van der Waals surface area contributed by atoms with Crippen molar-refractivity contribution < 1.29 is 9.47 Å². The van der Waals surface area contributed by atoms with E-state index in [9.17, 15) is 0 Å². The van der Waals surface area contributed by atoms with Crippen LogP contribution >= 0.6 is 24.0 Å². The van der Waals surface area contributed by atoms with Crippen LogP contribution in [0.2, 0.25) is 0 Å². The maximum atomic E-state index is 5.73. The van der Waals surface area contributed by atoms with Crippen molar-refractivity contribution in [3.05, 3.63) is 60.3 Å². The molecule has 0 aliphatic rings. The molecular formula is C21H27IN4O2. The Kier molecular flexibility index (Phi) is 8.93. The number of hydrogen-bond acceptors (Lipinski definition) is 3. The minimum Gasteiger partial charge on any atom is -0.497 e. The van der Waals surface area contributed by atoms with Gasteiger partial charge in [-0.3, -0.25) is 4.99 Å². The number of aliphatic imine (C=N–C) groups is 1. The summed E-state index contributed by atoms with van der Waals surface area (Å²) in [7, 11) is 3.41. The van der Waals surface area contributed by atoms with Gasteiger partial charge < -0.3 is 25.1 Å². The zero-order valence-electron chi connectivity index (χ0n) is 16.2. The Bertz CT molecular complexity index is 895. The van der Waals surface area contributed by atoms with E-state index in [0.29, 0.717) is 13.2 Å². The van der Waals surface area contributed by atoms with Crippen LogP contribution in [-0.4, -0.2) is 44.8 Å². The van der Waals surface area contributed by atoms with E-state index in [2.05, 4.69) is 45.0 Å². The van der Waals surface area contributed by atoms with Crippen molar-refractivity contribution in [3.63, 3.8) is 0 Å². The number of benzene rings is 2. The predicted octanol–water partition coefficient (Wildman–Crippen LogP) is 3.58. The molecule has 1 heterocycles. The molecule has 1 aromatic heterocycles. The molecule has 0 unspecified atom stereocenters. The van der Waals surface area contributed by atoms with E-state index < -0.39 is 0 Å². The third-order valence-electron chi connectivity index (χ3n) is 4.29. The fourth-order valence-corrected chi connectivity index (χ4v) is 2.90. The lowest BCUT2D eigenvalue weighted by atomic mass is 10.1. The van der Waals surface area contributed by atoms with Crippen LogP contribution in [0.5, 0.6) is 11.5 Å². The van der Waals surface area contributed by atoms with Gasteiger partial charge in [0, 0.05) is 36.8 Å². The topological polar surface area (TPSA) is 70.7 Å². The van der Waals surface area contributed by atoms with Gasteiger partial charge in [0.25, 0.3) is 0 Å². The van der Waals surface area contributed by atoms with Gasteiger partial charge in [0.05, 0.1) is 13.7 Å². The van der Waals surface area contributed by atoms with E-state index in [1.165, 1.54) is 16.5 Å². The molecule has 0 radical (unpaired) electrons. The predicted molar refractivity (Wildman–Crippen MR) is 125 cm³/mol. The summed E-state index contributed by atoms with van der Waals surface area (Å²) in [6.07, 6.45) is 3.00. The third kappa shape index (κ3) is 6.05. The largest absolute Gasteiger partial charge is 0.497 e. The van der Waals surface area contributed by atoms with Gasteiger partial charge >= 0.3 is 0 Å². The van der Waals surface area contributed by atoms with Gasteiger partial charge in [-0.1, -0.05) is 24.3 Å². The Labute approximate surface area is 182 Å². The normalized spacial score (nSPS) is 11.0. The van der Waals surface area contributed by atoms with Gasteiger partial charge in [-0.2, -0.15) is 0 Å². The number of nitrogens with one attached hydrogen (secondary N) is 3. The molecule has 0 bridgehead atoms. The molecule has 7 heteroatoms. The molecule has 0 spiro atoms. The number of ether oxygens (including phenoxy) is 2. The summed E-state index contributed by atoms with van der Waals surface area (Å²) in [6, 6.07) is 15.9. The molecule has 0 saturated carbocycles. The van der Waals surface area contributed by atoms with Crippen LogP contribution in [0.3, 0.4) is 0 Å². The second kappa shape index (κ2) is 11.4. The first-order valence-electron chi connectivity index (χ1n) is 9.06. The van der Waals surface area contributed by atoms with E-state index in [4.69, 9.17) is 9.47 Å². The monoisotopic (exact) mass is 494 g/mol. The van der Waals surface area contributed by atoms with Crippen molar-refractivity contribution in [2.45, 2.75) is 6.42 Å². The van der Waals surface area contributed by atoms with Crippen LogP contribution in [-0.2, 0) is 6.42 Å². The minimum absolute atomic E-state index is 0. The molecule has 3 aromatic rings. The second-order valence-corrected chi connectivity index (χ2v) is 6.06. The van der Waals surface area contributed by atoms with E-state index in [1.807, 2.05) is 30.3 Å². The number of aromatic nitrogens is 1.